The summed E-state index contributed by atoms with van der Waals surface area (Å²) in [4.78, 5) is 4.14. The molecule has 1 unspecified atom stereocenters. The molecule has 0 saturated carbocycles. The lowest BCUT2D eigenvalue weighted by molar-refractivity contribution is 0.668. The minimum Gasteiger partial charge on any atom is -0.378 e. The van der Waals surface area contributed by atoms with Gasteiger partial charge in [-0.15, -0.1) is 11.3 Å². The lowest BCUT2D eigenvalue weighted by Gasteiger charge is -2.18. The van der Waals surface area contributed by atoms with Crippen molar-refractivity contribution in [1.82, 2.24) is 0 Å². The van der Waals surface area contributed by atoms with Crippen molar-refractivity contribution < 1.29 is 4.21 Å². The van der Waals surface area contributed by atoms with Crippen molar-refractivity contribution >= 4 is 46.1 Å². The highest BCUT2D eigenvalue weighted by Crippen LogP contribution is 2.43. The largest absolute Gasteiger partial charge is 0.378 e. The Bertz CT molecular complexity index is 1330. The average molecular weight is 471 g/mol. The number of anilines is 1. The van der Waals surface area contributed by atoms with E-state index in [4.69, 9.17) is 0 Å². The van der Waals surface area contributed by atoms with Crippen LogP contribution in [-0.2, 0) is 10.8 Å². The first-order chi connectivity index (χ1) is 15.7. The molecule has 0 bridgehead atoms. The molecule has 5 nitrogen and oxygen atoms in total. The fourth-order valence-electron chi connectivity index (χ4n) is 3.39. The highest BCUT2D eigenvalue weighted by molar-refractivity contribution is 7.91. The number of thiophene rings is 1. The van der Waals surface area contributed by atoms with Crippen molar-refractivity contribution in [1.29, 1.82) is 15.8 Å². The van der Waals surface area contributed by atoms with Crippen molar-refractivity contribution in [2.75, 3.05) is 19.0 Å². The van der Waals surface area contributed by atoms with Gasteiger partial charge in [-0.25, -0.2) is 0 Å². The van der Waals surface area contributed by atoms with Gasteiger partial charge in [-0.3, -0.25) is 4.21 Å². The second-order valence-corrected chi connectivity index (χ2v) is 11.1. The summed E-state index contributed by atoms with van der Waals surface area (Å²) in [6.07, 6.45) is 7.75. The lowest BCUT2D eigenvalue weighted by Crippen LogP contribution is -2.24. The highest BCUT2D eigenvalue weighted by atomic mass is 32.2. The molecule has 0 fully saturated rings. The zero-order valence-corrected chi connectivity index (χ0v) is 20.4. The molecule has 3 rings (SSSR count). The van der Waals surface area contributed by atoms with E-state index in [1.807, 2.05) is 38.4 Å². The topological polar surface area (TPSA) is 91.7 Å². The van der Waals surface area contributed by atoms with Gasteiger partial charge in [0.2, 0.25) is 0 Å². The molecule has 1 aliphatic heterocycles. The molecule has 0 aliphatic carbocycles. The molecule has 2 aromatic rings. The molecule has 0 radical (unpaired) electrons. The molecule has 0 N–H and O–H groups in total. The van der Waals surface area contributed by atoms with Crippen LogP contribution in [0, 0.1) is 34.0 Å². The van der Waals surface area contributed by atoms with Gasteiger partial charge >= 0.3 is 0 Å². The fourth-order valence-corrected chi connectivity index (χ4v) is 5.70. The Labute approximate surface area is 201 Å². The monoisotopic (exact) mass is 470 g/mol. The van der Waals surface area contributed by atoms with E-state index in [1.165, 1.54) is 0 Å². The number of hydrogen-bond donors (Lipinski definition) is 0. The van der Waals surface area contributed by atoms with Crippen LogP contribution in [0.15, 0.2) is 64.1 Å². The molecule has 0 spiro atoms. The van der Waals surface area contributed by atoms with Crippen molar-refractivity contribution in [2.45, 2.75) is 18.6 Å². The molecule has 1 aliphatic rings. The quantitative estimate of drug-likeness (QED) is 0.526. The Hall–Kier alpha value is -3.70. The molecular formula is C26H22N4OS2. The Balaban J connectivity index is 1.87. The van der Waals surface area contributed by atoms with Gasteiger partial charge in [0.1, 0.15) is 23.8 Å². The first-order valence-corrected chi connectivity index (χ1v) is 12.0. The molecule has 33 heavy (non-hydrogen) atoms. The van der Waals surface area contributed by atoms with Crippen LogP contribution in [0.3, 0.4) is 0 Å². The van der Waals surface area contributed by atoms with Gasteiger partial charge in [-0.1, -0.05) is 24.3 Å². The average Bonchev–Trinajstić information content (AvgIpc) is 3.33. The van der Waals surface area contributed by atoms with Crippen molar-refractivity contribution in [2.24, 2.45) is 0 Å². The Kier molecular flexibility index (Phi) is 7.14. The molecule has 2 heterocycles. The summed E-state index contributed by atoms with van der Waals surface area (Å²) in [5.74, 6) is 0. The van der Waals surface area contributed by atoms with Gasteiger partial charge in [0.25, 0.3) is 0 Å². The predicted molar refractivity (Wildman–Crippen MR) is 136 cm³/mol. The second kappa shape index (κ2) is 9.84. The van der Waals surface area contributed by atoms with Crippen LogP contribution in [0.4, 0.5) is 5.69 Å². The number of allylic oxidation sites excluding steroid dienone is 3. The summed E-state index contributed by atoms with van der Waals surface area (Å²) in [6, 6.07) is 17.9. The van der Waals surface area contributed by atoms with Crippen LogP contribution in [0.25, 0.3) is 18.2 Å². The van der Waals surface area contributed by atoms with E-state index in [1.54, 1.807) is 43.4 Å². The van der Waals surface area contributed by atoms with E-state index in [0.717, 1.165) is 21.0 Å². The maximum Gasteiger partial charge on any atom is 0.147 e. The lowest BCUT2D eigenvalue weighted by atomic mass is 9.95. The summed E-state index contributed by atoms with van der Waals surface area (Å²) in [7, 11) is 2.35. The van der Waals surface area contributed by atoms with Crippen LogP contribution >= 0.6 is 11.3 Å². The second-order valence-electron chi connectivity index (χ2n) is 8.00. The number of benzene rings is 1. The third-order valence-corrected chi connectivity index (χ3v) is 8.21. The Morgan fingerprint density at radius 2 is 1.52 bits per heavy atom. The van der Waals surface area contributed by atoms with Gasteiger partial charge < -0.3 is 4.90 Å². The molecule has 164 valence electrons. The molecule has 0 amide bonds. The number of nitrogens with zero attached hydrogens (tertiary/aromatic N) is 4. The van der Waals surface area contributed by atoms with Crippen LogP contribution in [0.5, 0.6) is 0 Å². The van der Waals surface area contributed by atoms with Gasteiger partial charge in [0.15, 0.2) is 0 Å². The molecule has 1 aromatic heterocycles. The zero-order valence-electron chi connectivity index (χ0n) is 18.8. The summed E-state index contributed by atoms with van der Waals surface area (Å²) in [5.41, 5.74) is 2.68. The predicted octanol–water partition coefficient (Wildman–Crippen LogP) is 5.66. The Morgan fingerprint density at radius 3 is 2.03 bits per heavy atom. The van der Waals surface area contributed by atoms with Gasteiger partial charge in [0.05, 0.1) is 26.0 Å². The van der Waals surface area contributed by atoms with Crippen LogP contribution in [0.2, 0.25) is 0 Å². The van der Waals surface area contributed by atoms with Crippen LogP contribution in [0.1, 0.15) is 29.2 Å². The third-order valence-electron chi connectivity index (χ3n) is 5.27. The van der Waals surface area contributed by atoms with Crippen LogP contribution in [-0.4, -0.2) is 23.1 Å². The minimum absolute atomic E-state index is 0.0298. The van der Waals surface area contributed by atoms with Crippen molar-refractivity contribution in [3.05, 3.63) is 79.4 Å². The van der Waals surface area contributed by atoms with Gasteiger partial charge in [-0.2, -0.15) is 15.8 Å². The fraction of sp³-hybridized carbons (Fsp3) is 0.192. The minimum atomic E-state index is -1.67. The third kappa shape index (κ3) is 4.89. The standard InChI is InChI=1S/C26H22N4OS2/c1-26(2)24(23(17-29)25(33(26)31)19(15-27)16-28)14-13-22-12-11-21(32-22)10-7-18-5-8-20(9-6-18)30(3)4/h5-14H,1-4H3/b10-7+,14-13+. The molecule has 0 saturated heterocycles. The van der Waals surface area contributed by atoms with E-state index < -0.39 is 15.5 Å². The number of rotatable bonds is 5. The first-order valence-electron chi connectivity index (χ1n) is 10.1. The van der Waals surface area contributed by atoms with Crippen molar-refractivity contribution in [3.63, 3.8) is 0 Å². The molecule has 1 atom stereocenters. The summed E-state index contributed by atoms with van der Waals surface area (Å²) in [6.45, 7) is 3.51. The maximum atomic E-state index is 13.0. The molecule has 7 heteroatoms. The number of nitriles is 3. The summed E-state index contributed by atoms with van der Waals surface area (Å²) >= 11 is 1.59. The van der Waals surface area contributed by atoms with Crippen LogP contribution < -0.4 is 4.90 Å². The highest BCUT2D eigenvalue weighted by Gasteiger charge is 2.43. The van der Waals surface area contributed by atoms with Crippen molar-refractivity contribution in [3.8, 4) is 18.2 Å². The SMILES string of the molecule is CN(C)c1ccc(/C=C/c2ccc(/C=C/C3=C(C#N)C(=C(C#N)C#N)S(=O)C3(C)C)s2)cc1. The molecule has 1 aromatic carbocycles. The maximum absolute atomic E-state index is 13.0. The molecular weight excluding hydrogens is 448 g/mol. The summed E-state index contributed by atoms with van der Waals surface area (Å²) in [5, 5.41) is 28.2. The van der Waals surface area contributed by atoms with E-state index in [-0.39, 0.29) is 16.1 Å². The van der Waals surface area contributed by atoms with E-state index in [9.17, 15) is 20.0 Å². The first kappa shape index (κ1) is 24.0. The Morgan fingerprint density at radius 1 is 0.939 bits per heavy atom. The zero-order chi connectivity index (χ0) is 24.2. The van der Waals surface area contributed by atoms with Gasteiger partial charge in [-0.05, 0) is 61.4 Å². The number of hydrogen-bond acceptors (Lipinski definition) is 6. The van der Waals surface area contributed by atoms with E-state index >= 15 is 0 Å². The van der Waals surface area contributed by atoms with E-state index in [2.05, 4.69) is 41.3 Å². The van der Waals surface area contributed by atoms with Gasteiger partial charge in [0, 0.05) is 29.5 Å². The smallest absolute Gasteiger partial charge is 0.147 e. The normalized spacial score (nSPS) is 17.2. The summed E-state index contributed by atoms with van der Waals surface area (Å²) < 4.78 is 12.1. The van der Waals surface area contributed by atoms with E-state index in [0.29, 0.717) is 5.57 Å².